The van der Waals surface area contributed by atoms with Crippen LogP contribution in [0.5, 0.6) is 0 Å². The molecule has 0 fully saturated rings. The SMILES string of the molecule is CN(C)[C@@H](CCCNC(=N)N)C(=O)O.CN(C)[C@@H](CCCNC(=N)N)C(=O)O. The van der Waals surface area contributed by atoms with Gasteiger partial charge in [0.05, 0.1) is 0 Å². The van der Waals surface area contributed by atoms with E-state index in [4.69, 9.17) is 32.5 Å². The van der Waals surface area contributed by atoms with Crippen molar-refractivity contribution in [1.29, 1.82) is 10.8 Å². The fraction of sp³-hybridized carbons (Fsp3) is 0.750. The van der Waals surface area contributed by atoms with Crippen molar-refractivity contribution in [1.82, 2.24) is 20.4 Å². The van der Waals surface area contributed by atoms with Gasteiger partial charge in [0, 0.05) is 13.1 Å². The Bertz CT molecular complexity index is 455. The van der Waals surface area contributed by atoms with Crippen LogP contribution in [0.3, 0.4) is 0 Å². The number of carboxylic acid groups (broad SMARTS) is 2. The largest absolute Gasteiger partial charge is 0.480 e. The van der Waals surface area contributed by atoms with E-state index in [1.165, 1.54) is 0 Å². The minimum atomic E-state index is -0.821. The normalized spacial score (nSPS) is 12.5. The molecule has 10 N–H and O–H groups in total. The minimum Gasteiger partial charge on any atom is -0.480 e. The fourth-order valence-electron chi connectivity index (χ4n) is 2.24. The highest BCUT2D eigenvalue weighted by molar-refractivity contribution is 5.75. The third-order valence-corrected chi connectivity index (χ3v) is 3.76. The monoisotopic (exact) mass is 404 g/mol. The van der Waals surface area contributed by atoms with Crippen molar-refractivity contribution in [3.8, 4) is 0 Å². The molecule has 0 aromatic heterocycles. The number of nitrogens with two attached hydrogens (primary N) is 2. The van der Waals surface area contributed by atoms with Gasteiger partial charge in [0.1, 0.15) is 12.1 Å². The number of carbonyl (C=O) groups is 2. The average molecular weight is 405 g/mol. The summed E-state index contributed by atoms with van der Waals surface area (Å²) >= 11 is 0. The van der Waals surface area contributed by atoms with Crippen LogP contribution in [0.25, 0.3) is 0 Å². The summed E-state index contributed by atoms with van der Waals surface area (Å²) in [7, 11) is 6.93. The number of likely N-dealkylation sites (N-methyl/N-ethyl adjacent to an activating group) is 2. The van der Waals surface area contributed by atoms with Gasteiger partial charge >= 0.3 is 11.9 Å². The van der Waals surface area contributed by atoms with Gasteiger partial charge in [0.25, 0.3) is 0 Å². The first-order chi connectivity index (χ1) is 12.9. The molecule has 0 aromatic carbocycles. The van der Waals surface area contributed by atoms with Crippen molar-refractivity contribution in [3.63, 3.8) is 0 Å². The van der Waals surface area contributed by atoms with E-state index in [1.807, 2.05) is 0 Å². The van der Waals surface area contributed by atoms with Crippen molar-refractivity contribution in [2.24, 2.45) is 11.5 Å². The Morgan fingerprint density at radius 1 is 0.821 bits per heavy atom. The van der Waals surface area contributed by atoms with Gasteiger partial charge in [-0.15, -0.1) is 0 Å². The summed E-state index contributed by atoms with van der Waals surface area (Å²) in [6, 6.07) is -0.937. The molecule has 28 heavy (non-hydrogen) atoms. The Morgan fingerprint density at radius 2 is 1.11 bits per heavy atom. The summed E-state index contributed by atoms with van der Waals surface area (Å²) < 4.78 is 0. The number of nitrogens with one attached hydrogen (secondary N) is 4. The molecule has 0 bridgehead atoms. The highest BCUT2D eigenvalue weighted by atomic mass is 16.4. The van der Waals surface area contributed by atoms with Crippen LogP contribution < -0.4 is 22.1 Å². The summed E-state index contributed by atoms with van der Waals surface area (Å²) in [5.74, 6) is -1.81. The molecule has 164 valence electrons. The van der Waals surface area contributed by atoms with Gasteiger partial charge in [-0.25, -0.2) is 0 Å². The lowest BCUT2D eigenvalue weighted by Gasteiger charge is -2.19. The fourth-order valence-corrected chi connectivity index (χ4v) is 2.24. The highest BCUT2D eigenvalue weighted by Crippen LogP contribution is 2.03. The van der Waals surface area contributed by atoms with Crippen LogP contribution in [0.2, 0.25) is 0 Å². The second-order valence-corrected chi connectivity index (χ2v) is 6.60. The molecule has 0 aromatic rings. The summed E-state index contributed by atoms with van der Waals surface area (Å²) in [6.07, 6.45) is 2.44. The Kier molecular flexibility index (Phi) is 15.2. The lowest BCUT2D eigenvalue weighted by molar-refractivity contribution is -0.143. The zero-order valence-electron chi connectivity index (χ0n) is 17.2. The van der Waals surface area contributed by atoms with Gasteiger partial charge in [0.15, 0.2) is 11.9 Å². The number of carboxylic acids is 2. The third kappa shape index (κ3) is 15.6. The molecule has 2 atom stereocenters. The maximum Gasteiger partial charge on any atom is 0.320 e. The van der Waals surface area contributed by atoms with Crippen LogP contribution >= 0.6 is 0 Å². The van der Waals surface area contributed by atoms with Gasteiger partial charge < -0.3 is 32.3 Å². The number of hydrogen-bond acceptors (Lipinski definition) is 6. The lowest BCUT2D eigenvalue weighted by atomic mass is 10.1. The molecule has 0 spiro atoms. The number of hydrogen-bond donors (Lipinski definition) is 8. The molecular formula is C16H36N8O4. The van der Waals surface area contributed by atoms with Crippen LogP contribution in [0.15, 0.2) is 0 Å². The van der Waals surface area contributed by atoms with Gasteiger partial charge in [-0.3, -0.25) is 30.2 Å². The predicted molar refractivity (Wildman–Crippen MR) is 109 cm³/mol. The molecule has 0 aliphatic heterocycles. The van der Waals surface area contributed by atoms with Crippen molar-refractivity contribution >= 4 is 23.9 Å². The number of nitrogens with zero attached hydrogens (tertiary/aromatic N) is 2. The van der Waals surface area contributed by atoms with Gasteiger partial charge in [0.2, 0.25) is 0 Å². The Balaban J connectivity index is 0. The van der Waals surface area contributed by atoms with Crippen LogP contribution in [-0.4, -0.2) is 97.2 Å². The summed E-state index contributed by atoms with van der Waals surface area (Å²) in [6.45, 7) is 1.07. The molecule has 12 heteroatoms. The molecule has 0 heterocycles. The zero-order valence-corrected chi connectivity index (χ0v) is 17.2. The maximum atomic E-state index is 10.7. The molecule has 0 amide bonds. The zero-order chi connectivity index (χ0) is 22.3. The van der Waals surface area contributed by atoms with E-state index in [0.717, 1.165) is 0 Å². The first-order valence-corrected chi connectivity index (χ1v) is 8.84. The van der Waals surface area contributed by atoms with Gasteiger partial charge in [-0.2, -0.15) is 0 Å². The van der Waals surface area contributed by atoms with Crippen molar-refractivity contribution < 1.29 is 19.8 Å². The van der Waals surface area contributed by atoms with E-state index in [0.29, 0.717) is 38.8 Å². The maximum absolute atomic E-state index is 10.7. The lowest BCUT2D eigenvalue weighted by Crippen LogP contribution is -2.37. The van der Waals surface area contributed by atoms with Crippen molar-refractivity contribution in [2.75, 3.05) is 41.3 Å². The highest BCUT2D eigenvalue weighted by Gasteiger charge is 2.19. The summed E-state index contributed by atoms with van der Waals surface area (Å²) in [5, 5.41) is 36.7. The number of guanidine groups is 2. The van der Waals surface area contributed by atoms with Crippen LogP contribution in [0.4, 0.5) is 0 Å². The molecule has 0 saturated heterocycles. The van der Waals surface area contributed by atoms with Gasteiger partial charge in [-0.1, -0.05) is 0 Å². The van der Waals surface area contributed by atoms with Crippen LogP contribution in [-0.2, 0) is 9.59 Å². The number of aliphatic carboxylic acids is 2. The second kappa shape index (κ2) is 15.5. The van der Waals surface area contributed by atoms with E-state index in [2.05, 4.69) is 10.6 Å². The Hall–Kier alpha value is -2.60. The predicted octanol–water partition coefficient (Wildman–Crippen LogP) is -1.47. The molecule has 0 aliphatic rings. The van der Waals surface area contributed by atoms with Crippen molar-refractivity contribution in [3.05, 3.63) is 0 Å². The third-order valence-electron chi connectivity index (χ3n) is 3.76. The Labute approximate surface area is 166 Å². The standard InChI is InChI=1S/2C8H18N4O2/c2*1-12(2)6(7(13)14)4-3-5-11-8(9)10/h2*6H,3-5H2,1-2H3,(H,13,14)(H4,9,10,11)/t2*6-/m00/s1. The van der Waals surface area contributed by atoms with E-state index < -0.39 is 24.0 Å². The molecule has 0 rings (SSSR count). The summed E-state index contributed by atoms with van der Waals surface area (Å²) in [5.41, 5.74) is 10.1. The molecule has 0 aliphatic carbocycles. The second-order valence-electron chi connectivity index (χ2n) is 6.60. The quantitative estimate of drug-likeness (QED) is 0.108. The molecule has 0 radical (unpaired) electrons. The van der Waals surface area contributed by atoms with Crippen LogP contribution in [0.1, 0.15) is 25.7 Å². The smallest absolute Gasteiger partial charge is 0.320 e. The molecular weight excluding hydrogens is 368 g/mol. The van der Waals surface area contributed by atoms with E-state index in [1.54, 1.807) is 38.0 Å². The topological polar surface area (TPSA) is 205 Å². The average Bonchev–Trinajstić information content (AvgIpc) is 2.52. The van der Waals surface area contributed by atoms with E-state index in [9.17, 15) is 9.59 Å². The minimum absolute atomic E-state index is 0.0817. The molecule has 0 saturated carbocycles. The van der Waals surface area contributed by atoms with Crippen LogP contribution in [0, 0.1) is 10.8 Å². The Morgan fingerprint density at radius 3 is 1.29 bits per heavy atom. The summed E-state index contributed by atoms with van der Waals surface area (Å²) in [4.78, 5) is 24.8. The van der Waals surface area contributed by atoms with Crippen molar-refractivity contribution in [2.45, 2.75) is 37.8 Å². The first-order valence-electron chi connectivity index (χ1n) is 8.84. The number of rotatable bonds is 12. The molecule has 12 nitrogen and oxygen atoms in total. The van der Waals surface area contributed by atoms with Gasteiger partial charge in [-0.05, 0) is 53.9 Å². The molecule has 0 unspecified atom stereocenters. The first kappa shape index (κ1) is 27.6. The van der Waals surface area contributed by atoms with E-state index in [-0.39, 0.29) is 11.9 Å². The van der Waals surface area contributed by atoms with E-state index >= 15 is 0 Å².